The largest absolute Gasteiger partial charge is 0.369 e. The smallest absolute Gasteiger partial charge is 0.149 e. The SMILES string of the molecule is CCCNc1cncc(N2CCCCCCC2)n1. The molecule has 0 radical (unpaired) electrons. The highest BCUT2D eigenvalue weighted by atomic mass is 15.2. The standard InChI is InChI=1S/C14H24N4/c1-2-8-16-13-11-15-12-14(17-13)18-9-6-4-3-5-7-10-18/h11-12H,2-10H2,1H3,(H,16,17). The molecule has 0 bridgehead atoms. The van der Waals surface area contributed by atoms with Gasteiger partial charge in [-0.2, -0.15) is 0 Å². The van der Waals surface area contributed by atoms with Crippen molar-refractivity contribution in [2.45, 2.75) is 45.4 Å². The predicted octanol–water partition coefficient (Wildman–Crippen LogP) is 3.07. The maximum Gasteiger partial charge on any atom is 0.149 e. The van der Waals surface area contributed by atoms with Gasteiger partial charge in [-0.05, 0) is 19.3 Å². The van der Waals surface area contributed by atoms with Gasteiger partial charge >= 0.3 is 0 Å². The Balaban J connectivity index is 2.01. The summed E-state index contributed by atoms with van der Waals surface area (Å²) in [7, 11) is 0. The van der Waals surface area contributed by atoms with Crippen LogP contribution >= 0.6 is 0 Å². The normalized spacial score (nSPS) is 17.1. The molecule has 0 aliphatic carbocycles. The molecule has 0 saturated carbocycles. The number of hydrogen-bond acceptors (Lipinski definition) is 4. The lowest BCUT2D eigenvalue weighted by Gasteiger charge is -2.25. The molecule has 1 aliphatic rings. The van der Waals surface area contributed by atoms with Crippen molar-refractivity contribution in [1.82, 2.24) is 9.97 Å². The molecule has 1 aromatic rings. The molecular formula is C14H24N4. The van der Waals surface area contributed by atoms with Gasteiger partial charge in [-0.15, -0.1) is 0 Å². The topological polar surface area (TPSA) is 41.1 Å². The van der Waals surface area contributed by atoms with Crippen LogP contribution in [0, 0.1) is 0 Å². The van der Waals surface area contributed by atoms with Crippen LogP contribution in [0.25, 0.3) is 0 Å². The van der Waals surface area contributed by atoms with Gasteiger partial charge in [-0.3, -0.25) is 4.98 Å². The number of aromatic nitrogens is 2. The second-order valence-corrected chi connectivity index (χ2v) is 4.94. The van der Waals surface area contributed by atoms with Gasteiger partial charge in [-0.25, -0.2) is 4.98 Å². The van der Waals surface area contributed by atoms with E-state index in [0.717, 1.165) is 37.7 Å². The Kier molecular flexibility index (Phi) is 5.24. The highest BCUT2D eigenvalue weighted by Gasteiger charge is 2.10. The quantitative estimate of drug-likeness (QED) is 0.889. The van der Waals surface area contributed by atoms with Gasteiger partial charge in [0.2, 0.25) is 0 Å². The highest BCUT2D eigenvalue weighted by molar-refractivity contribution is 5.43. The molecule has 1 saturated heterocycles. The second kappa shape index (κ2) is 7.19. The lowest BCUT2D eigenvalue weighted by Crippen LogP contribution is -2.28. The van der Waals surface area contributed by atoms with Gasteiger partial charge in [-0.1, -0.05) is 26.2 Å². The van der Waals surface area contributed by atoms with Gasteiger partial charge in [0.25, 0.3) is 0 Å². The summed E-state index contributed by atoms with van der Waals surface area (Å²) in [5, 5.41) is 3.30. The third kappa shape index (κ3) is 3.86. The molecule has 18 heavy (non-hydrogen) atoms. The van der Waals surface area contributed by atoms with Gasteiger partial charge < -0.3 is 10.2 Å². The van der Waals surface area contributed by atoms with Crippen LogP contribution in [0.4, 0.5) is 11.6 Å². The van der Waals surface area contributed by atoms with E-state index in [1.807, 2.05) is 12.4 Å². The van der Waals surface area contributed by atoms with Gasteiger partial charge in [0.1, 0.15) is 11.6 Å². The van der Waals surface area contributed by atoms with Crippen LogP contribution in [0.2, 0.25) is 0 Å². The molecule has 0 unspecified atom stereocenters. The summed E-state index contributed by atoms with van der Waals surface area (Å²) in [6, 6.07) is 0. The Morgan fingerprint density at radius 1 is 1.11 bits per heavy atom. The highest BCUT2D eigenvalue weighted by Crippen LogP contribution is 2.17. The third-order valence-corrected chi connectivity index (χ3v) is 3.36. The number of rotatable bonds is 4. The van der Waals surface area contributed by atoms with E-state index in [4.69, 9.17) is 0 Å². The molecule has 4 nitrogen and oxygen atoms in total. The van der Waals surface area contributed by atoms with E-state index < -0.39 is 0 Å². The first kappa shape index (κ1) is 13.1. The molecule has 1 fully saturated rings. The molecular weight excluding hydrogens is 224 g/mol. The van der Waals surface area contributed by atoms with Crippen LogP contribution in [-0.4, -0.2) is 29.6 Å². The molecule has 0 spiro atoms. The van der Waals surface area contributed by atoms with Gasteiger partial charge in [0.05, 0.1) is 12.4 Å². The van der Waals surface area contributed by atoms with Crippen molar-refractivity contribution < 1.29 is 0 Å². The first-order valence-electron chi connectivity index (χ1n) is 7.21. The fourth-order valence-corrected chi connectivity index (χ4v) is 2.32. The van der Waals surface area contributed by atoms with Crippen molar-refractivity contribution in [2.24, 2.45) is 0 Å². The van der Waals surface area contributed by atoms with Crippen LogP contribution < -0.4 is 10.2 Å². The van der Waals surface area contributed by atoms with E-state index in [1.54, 1.807) is 0 Å². The molecule has 1 N–H and O–H groups in total. The van der Waals surface area contributed by atoms with E-state index in [-0.39, 0.29) is 0 Å². The zero-order chi connectivity index (χ0) is 12.6. The van der Waals surface area contributed by atoms with Crippen LogP contribution in [0.1, 0.15) is 45.4 Å². The molecule has 0 aromatic carbocycles. The minimum absolute atomic E-state index is 0.899. The Labute approximate surface area is 110 Å². The number of nitrogens with zero attached hydrogens (tertiary/aromatic N) is 3. The van der Waals surface area contributed by atoms with Crippen molar-refractivity contribution in [3.8, 4) is 0 Å². The summed E-state index contributed by atoms with van der Waals surface area (Å²) < 4.78 is 0. The van der Waals surface area contributed by atoms with E-state index >= 15 is 0 Å². The summed E-state index contributed by atoms with van der Waals surface area (Å²) in [6.45, 7) is 5.35. The van der Waals surface area contributed by atoms with Crippen molar-refractivity contribution in [2.75, 3.05) is 29.9 Å². The second-order valence-electron chi connectivity index (χ2n) is 4.94. The van der Waals surface area contributed by atoms with Crippen molar-refractivity contribution in [3.63, 3.8) is 0 Å². The molecule has 4 heteroatoms. The first-order valence-corrected chi connectivity index (χ1v) is 7.21. The average Bonchev–Trinajstić information content (AvgIpc) is 2.36. The first-order chi connectivity index (χ1) is 8.90. The minimum Gasteiger partial charge on any atom is -0.369 e. The summed E-state index contributed by atoms with van der Waals surface area (Å²) in [5.41, 5.74) is 0. The molecule has 0 atom stereocenters. The number of hydrogen-bond donors (Lipinski definition) is 1. The van der Waals surface area contributed by atoms with E-state index in [0.29, 0.717) is 0 Å². The summed E-state index contributed by atoms with van der Waals surface area (Å²) in [6.07, 6.45) is 11.4. The van der Waals surface area contributed by atoms with Crippen LogP contribution in [-0.2, 0) is 0 Å². The third-order valence-electron chi connectivity index (χ3n) is 3.36. The average molecular weight is 248 g/mol. The molecule has 2 rings (SSSR count). The van der Waals surface area contributed by atoms with Crippen LogP contribution in [0.3, 0.4) is 0 Å². The molecule has 1 aromatic heterocycles. The number of anilines is 2. The Morgan fingerprint density at radius 3 is 2.56 bits per heavy atom. The number of nitrogens with one attached hydrogen (secondary N) is 1. The maximum atomic E-state index is 4.66. The summed E-state index contributed by atoms with van der Waals surface area (Å²) >= 11 is 0. The molecule has 2 heterocycles. The Hall–Kier alpha value is -1.32. The predicted molar refractivity (Wildman–Crippen MR) is 76.1 cm³/mol. The summed E-state index contributed by atoms with van der Waals surface area (Å²) in [4.78, 5) is 11.3. The summed E-state index contributed by atoms with van der Waals surface area (Å²) in [5.74, 6) is 1.93. The van der Waals surface area contributed by atoms with Crippen molar-refractivity contribution in [1.29, 1.82) is 0 Å². The van der Waals surface area contributed by atoms with E-state index in [1.165, 1.54) is 32.1 Å². The van der Waals surface area contributed by atoms with E-state index in [9.17, 15) is 0 Å². The Bertz CT molecular complexity index is 345. The zero-order valence-electron chi connectivity index (χ0n) is 11.4. The molecule has 0 amide bonds. The minimum atomic E-state index is 0.899. The van der Waals surface area contributed by atoms with Crippen molar-refractivity contribution >= 4 is 11.6 Å². The van der Waals surface area contributed by atoms with Crippen molar-refractivity contribution in [3.05, 3.63) is 12.4 Å². The maximum absolute atomic E-state index is 4.66. The molecule has 100 valence electrons. The molecule has 1 aliphatic heterocycles. The lowest BCUT2D eigenvalue weighted by molar-refractivity contribution is 0.553. The lowest BCUT2D eigenvalue weighted by atomic mass is 10.1. The van der Waals surface area contributed by atoms with Crippen LogP contribution in [0.15, 0.2) is 12.4 Å². The van der Waals surface area contributed by atoms with E-state index in [2.05, 4.69) is 27.1 Å². The zero-order valence-corrected chi connectivity index (χ0v) is 11.4. The monoisotopic (exact) mass is 248 g/mol. The van der Waals surface area contributed by atoms with Gasteiger partial charge in [0, 0.05) is 19.6 Å². The van der Waals surface area contributed by atoms with Crippen LogP contribution in [0.5, 0.6) is 0 Å². The van der Waals surface area contributed by atoms with Gasteiger partial charge in [0.15, 0.2) is 0 Å². The fraction of sp³-hybridized carbons (Fsp3) is 0.714. The Morgan fingerprint density at radius 2 is 1.83 bits per heavy atom. The fourth-order valence-electron chi connectivity index (χ4n) is 2.32.